The molecule has 4 atom stereocenters. The van der Waals surface area contributed by atoms with E-state index in [1.54, 1.807) is 0 Å². The Morgan fingerprint density at radius 2 is 1.09 bits per heavy atom. The number of imide groups is 1. The first-order valence-electron chi connectivity index (χ1n) is 11.5. The molecule has 3 aromatic carbocycles. The fraction of sp³-hybridized carbons (Fsp3) is 0.241. The maximum Gasteiger partial charge on any atom is 0.234 e. The molecule has 3 aromatic rings. The molecule has 0 N–H and O–H groups in total. The molecule has 0 spiro atoms. The molecular formula is C29H27NO3. The number of likely N-dealkylation sites (tertiary alicyclic amines) is 1. The van der Waals surface area contributed by atoms with E-state index in [0.29, 0.717) is 13.2 Å². The lowest BCUT2D eigenvalue weighted by Crippen LogP contribution is -2.34. The van der Waals surface area contributed by atoms with Crippen molar-refractivity contribution in [1.29, 1.82) is 0 Å². The number of carbonyl (C=O) groups excluding carboxylic acids is 2. The molecule has 1 aliphatic carbocycles. The minimum atomic E-state index is -0.399. The van der Waals surface area contributed by atoms with Crippen molar-refractivity contribution in [3.05, 3.63) is 120 Å². The van der Waals surface area contributed by atoms with E-state index in [9.17, 15) is 9.59 Å². The van der Waals surface area contributed by atoms with E-state index >= 15 is 0 Å². The third kappa shape index (κ3) is 4.27. The molecule has 2 aliphatic rings. The van der Waals surface area contributed by atoms with E-state index in [4.69, 9.17) is 4.74 Å². The van der Waals surface area contributed by atoms with Crippen molar-refractivity contribution >= 4 is 11.8 Å². The number of allylic oxidation sites excluding steroid dienone is 2. The number of rotatable bonds is 7. The average molecular weight is 438 g/mol. The maximum atomic E-state index is 13.6. The van der Waals surface area contributed by atoms with Crippen molar-refractivity contribution < 1.29 is 14.3 Å². The SMILES string of the molecule is O=C1[C@H]2[C@H](C(=O)N1CCOCc1ccccc1)[C@H](c1ccccc1)C=C[C@@H]2c1ccccc1. The van der Waals surface area contributed by atoms with Crippen LogP contribution in [0.25, 0.3) is 0 Å². The highest BCUT2D eigenvalue weighted by atomic mass is 16.5. The lowest BCUT2D eigenvalue weighted by molar-refractivity contribution is -0.140. The second-order valence-corrected chi connectivity index (χ2v) is 8.68. The van der Waals surface area contributed by atoms with Crippen molar-refractivity contribution in [2.75, 3.05) is 13.2 Å². The van der Waals surface area contributed by atoms with E-state index in [0.717, 1.165) is 16.7 Å². The highest BCUT2D eigenvalue weighted by Crippen LogP contribution is 2.49. The van der Waals surface area contributed by atoms with Gasteiger partial charge < -0.3 is 4.74 Å². The third-order valence-electron chi connectivity index (χ3n) is 6.73. The van der Waals surface area contributed by atoms with E-state index < -0.39 is 11.8 Å². The standard InChI is InChI=1S/C29H27NO3/c31-28-26-24(22-12-6-2-7-13-22)16-17-25(23-14-8-3-9-15-23)27(26)29(32)30(28)18-19-33-20-21-10-4-1-5-11-21/h1-17,24-27H,18-20H2/t24-,25+,26-,27-/m1/s1. The van der Waals surface area contributed by atoms with Crippen LogP contribution in [0.3, 0.4) is 0 Å². The summed E-state index contributed by atoms with van der Waals surface area (Å²) in [6, 6.07) is 29.9. The zero-order valence-electron chi connectivity index (χ0n) is 18.4. The van der Waals surface area contributed by atoms with Gasteiger partial charge in [0.2, 0.25) is 11.8 Å². The highest BCUT2D eigenvalue weighted by Gasteiger charge is 2.54. The molecule has 33 heavy (non-hydrogen) atoms. The van der Waals surface area contributed by atoms with Crippen molar-refractivity contribution in [1.82, 2.24) is 4.90 Å². The summed E-state index contributed by atoms with van der Waals surface area (Å²) in [7, 11) is 0. The minimum Gasteiger partial charge on any atom is -0.375 e. The van der Waals surface area contributed by atoms with E-state index in [2.05, 4.69) is 12.2 Å². The fourth-order valence-corrected chi connectivity index (χ4v) is 5.14. The van der Waals surface area contributed by atoms with E-state index in [-0.39, 0.29) is 30.2 Å². The zero-order valence-corrected chi connectivity index (χ0v) is 18.4. The molecule has 1 aliphatic heterocycles. The number of ether oxygens (including phenoxy) is 1. The topological polar surface area (TPSA) is 46.6 Å². The highest BCUT2D eigenvalue weighted by molar-refractivity contribution is 6.06. The van der Waals surface area contributed by atoms with Crippen LogP contribution in [0, 0.1) is 11.8 Å². The monoisotopic (exact) mass is 437 g/mol. The summed E-state index contributed by atoms with van der Waals surface area (Å²) in [6.07, 6.45) is 4.24. The van der Waals surface area contributed by atoms with Gasteiger partial charge in [0.05, 0.1) is 31.6 Å². The molecule has 166 valence electrons. The number of amides is 2. The van der Waals surface area contributed by atoms with Gasteiger partial charge in [0.1, 0.15) is 0 Å². The van der Waals surface area contributed by atoms with Crippen molar-refractivity contribution in [2.24, 2.45) is 11.8 Å². The first kappa shape index (κ1) is 21.4. The first-order valence-corrected chi connectivity index (χ1v) is 11.5. The van der Waals surface area contributed by atoms with Crippen LogP contribution in [-0.2, 0) is 20.9 Å². The normalized spacial score (nSPS) is 24.2. The minimum absolute atomic E-state index is 0.0903. The summed E-state index contributed by atoms with van der Waals surface area (Å²) in [5.74, 6) is -1.20. The van der Waals surface area contributed by atoms with Crippen LogP contribution in [-0.4, -0.2) is 29.9 Å². The average Bonchev–Trinajstić information content (AvgIpc) is 3.13. The van der Waals surface area contributed by atoms with Gasteiger partial charge in [-0.2, -0.15) is 0 Å². The van der Waals surface area contributed by atoms with Gasteiger partial charge in [-0.1, -0.05) is 103 Å². The summed E-state index contributed by atoms with van der Waals surface area (Å²) in [5.41, 5.74) is 3.21. The van der Waals surface area contributed by atoms with Gasteiger partial charge in [-0.15, -0.1) is 0 Å². The summed E-state index contributed by atoms with van der Waals surface area (Å²) >= 11 is 0. The van der Waals surface area contributed by atoms with Gasteiger partial charge >= 0.3 is 0 Å². The van der Waals surface area contributed by atoms with Crippen LogP contribution < -0.4 is 0 Å². The molecule has 0 radical (unpaired) electrons. The van der Waals surface area contributed by atoms with Crippen LogP contribution in [0.15, 0.2) is 103 Å². The second kappa shape index (κ2) is 9.55. The lowest BCUT2D eigenvalue weighted by Gasteiger charge is -2.32. The molecule has 4 nitrogen and oxygen atoms in total. The number of fused-ring (bicyclic) bond motifs is 1. The van der Waals surface area contributed by atoms with Crippen molar-refractivity contribution in [2.45, 2.75) is 18.4 Å². The Morgan fingerprint density at radius 1 is 0.636 bits per heavy atom. The van der Waals surface area contributed by atoms with Gasteiger partial charge in [-0.3, -0.25) is 14.5 Å². The Morgan fingerprint density at radius 3 is 1.58 bits per heavy atom. The molecule has 1 saturated heterocycles. The summed E-state index contributed by atoms with van der Waals surface area (Å²) < 4.78 is 5.79. The molecule has 0 saturated carbocycles. The van der Waals surface area contributed by atoms with E-state index in [1.165, 1.54) is 4.90 Å². The molecule has 4 heteroatoms. The lowest BCUT2D eigenvalue weighted by atomic mass is 9.68. The number of hydrogen-bond donors (Lipinski definition) is 0. The van der Waals surface area contributed by atoms with Gasteiger partial charge in [0.25, 0.3) is 0 Å². The van der Waals surface area contributed by atoms with Gasteiger partial charge in [0.15, 0.2) is 0 Å². The predicted molar refractivity (Wildman–Crippen MR) is 127 cm³/mol. The van der Waals surface area contributed by atoms with Crippen LogP contribution in [0.1, 0.15) is 28.5 Å². The third-order valence-corrected chi connectivity index (χ3v) is 6.73. The van der Waals surface area contributed by atoms with Gasteiger partial charge in [-0.25, -0.2) is 0 Å². The summed E-state index contributed by atoms with van der Waals surface area (Å²) in [6.45, 7) is 1.07. The van der Waals surface area contributed by atoms with Gasteiger partial charge in [0, 0.05) is 11.8 Å². The Labute approximate surface area is 194 Å². The molecule has 0 bridgehead atoms. The zero-order chi connectivity index (χ0) is 22.6. The first-order chi connectivity index (χ1) is 16.2. The molecule has 2 amide bonds. The van der Waals surface area contributed by atoms with Crippen LogP contribution in [0.5, 0.6) is 0 Å². The Bertz CT molecular complexity index is 1060. The number of hydrogen-bond acceptors (Lipinski definition) is 3. The largest absolute Gasteiger partial charge is 0.375 e. The van der Waals surface area contributed by atoms with Crippen molar-refractivity contribution in [3.8, 4) is 0 Å². The van der Waals surface area contributed by atoms with Crippen molar-refractivity contribution in [3.63, 3.8) is 0 Å². The fourth-order valence-electron chi connectivity index (χ4n) is 5.14. The Hall–Kier alpha value is -3.50. The summed E-state index contributed by atoms with van der Waals surface area (Å²) in [4.78, 5) is 28.6. The molecule has 0 unspecified atom stereocenters. The Kier molecular flexibility index (Phi) is 6.18. The second-order valence-electron chi connectivity index (χ2n) is 8.68. The van der Waals surface area contributed by atoms with E-state index in [1.807, 2.05) is 91.0 Å². The number of nitrogens with zero attached hydrogens (tertiary/aromatic N) is 1. The molecular weight excluding hydrogens is 410 g/mol. The van der Waals surface area contributed by atoms with Crippen LogP contribution in [0.2, 0.25) is 0 Å². The number of benzene rings is 3. The van der Waals surface area contributed by atoms with Crippen LogP contribution >= 0.6 is 0 Å². The maximum absolute atomic E-state index is 13.6. The van der Waals surface area contributed by atoms with Gasteiger partial charge in [-0.05, 0) is 16.7 Å². The smallest absolute Gasteiger partial charge is 0.234 e. The summed E-state index contributed by atoms with van der Waals surface area (Å²) in [5, 5.41) is 0. The molecule has 5 rings (SSSR count). The molecule has 1 fully saturated rings. The Balaban J connectivity index is 1.38. The predicted octanol–water partition coefficient (Wildman–Crippen LogP) is 4.94. The molecule has 1 heterocycles. The van der Waals surface area contributed by atoms with Crippen LogP contribution in [0.4, 0.5) is 0 Å². The quantitative estimate of drug-likeness (QED) is 0.299. The molecule has 0 aromatic heterocycles. The number of carbonyl (C=O) groups is 2.